The number of sulfonamides is 1. The van der Waals surface area contributed by atoms with E-state index in [1.54, 1.807) is 11.8 Å². The van der Waals surface area contributed by atoms with Gasteiger partial charge in [0.15, 0.2) is 0 Å². The Morgan fingerprint density at radius 2 is 2.15 bits per heavy atom. The molecular formula is C13H19N3O2S2. The molecule has 20 heavy (non-hydrogen) atoms. The van der Waals surface area contributed by atoms with Gasteiger partial charge in [0.25, 0.3) is 0 Å². The minimum Gasteiger partial charge on any atom is -0.399 e. The molecule has 0 aliphatic heterocycles. The van der Waals surface area contributed by atoms with Crippen molar-refractivity contribution in [3.63, 3.8) is 0 Å². The van der Waals surface area contributed by atoms with E-state index < -0.39 is 10.0 Å². The molecule has 110 valence electrons. The summed E-state index contributed by atoms with van der Waals surface area (Å²) in [6, 6.07) is 6.03. The molecule has 7 heteroatoms. The summed E-state index contributed by atoms with van der Waals surface area (Å²) in [5, 5.41) is 9.08. The van der Waals surface area contributed by atoms with Crippen LogP contribution in [0.4, 0.5) is 5.69 Å². The molecule has 1 unspecified atom stereocenters. The molecule has 0 radical (unpaired) electrons. The largest absolute Gasteiger partial charge is 0.399 e. The summed E-state index contributed by atoms with van der Waals surface area (Å²) in [6.45, 7) is 1.86. The van der Waals surface area contributed by atoms with Crippen molar-refractivity contribution in [2.75, 3.05) is 24.8 Å². The van der Waals surface area contributed by atoms with E-state index in [0.717, 1.165) is 12.2 Å². The maximum atomic E-state index is 12.6. The van der Waals surface area contributed by atoms with Crippen LogP contribution in [-0.2, 0) is 10.0 Å². The molecule has 1 atom stereocenters. The van der Waals surface area contributed by atoms with Gasteiger partial charge in [-0.2, -0.15) is 21.3 Å². The van der Waals surface area contributed by atoms with E-state index in [-0.39, 0.29) is 16.5 Å². The molecule has 0 heterocycles. The lowest BCUT2D eigenvalue weighted by atomic mass is 10.2. The summed E-state index contributed by atoms with van der Waals surface area (Å²) < 4.78 is 26.4. The highest BCUT2D eigenvalue weighted by Crippen LogP contribution is 2.23. The highest BCUT2D eigenvalue weighted by Gasteiger charge is 2.27. The Bertz CT molecular complexity index is 609. The molecule has 1 rings (SSSR count). The van der Waals surface area contributed by atoms with Crippen LogP contribution in [0, 0.1) is 11.3 Å². The Hall–Kier alpha value is -1.23. The van der Waals surface area contributed by atoms with E-state index >= 15 is 0 Å². The van der Waals surface area contributed by atoms with Gasteiger partial charge in [0.1, 0.15) is 11.0 Å². The van der Waals surface area contributed by atoms with Crippen molar-refractivity contribution < 1.29 is 8.42 Å². The van der Waals surface area contributed by atoms with E-state index in [0.29, 0.717) is 5.69 Å². The standard InChI is InChI=1S/C13H19N3O2S2/c1-10(6-7-19-3)16(2)20(17,18)13-5-4-12(15)8-11(13)9-14/h4-5,8,10H,6-7,15H2,1-3H3. The fourth-order valence-corrected chi connectivity index (χ4v) is 3.81. The highest BCUT2D eigenvalue weighted by atomic mass is 32.2. The maximum absolute atomic E-state index is 12.6. The first-order valence-corrected chi connectivity index (χ1v) is 8.94. The summed E-state index contributed by atoms with van der Waals surface area (Å²) in [4.78, 5) is 0.00713. The second kappa shape index (κ2) is 6.97. The van der Waals surface area contributed by atoms with Gasteiger partial charge in [0.2, 0.25) is 10.0 Å². The normalized spacial score (nSPS) is 13.2. The maximum Gasteiger partial charge on any atom is 0.244 e. The predicted octanol–water partition coefficient (Wildman–Crippen LogP) is 1.90. The monoisotopic (exact) mass is 313 g/mol. The van der Waals surface area contributed by atoms with Crippen LogP contribution in [0.1, 0.15) is 18.9 Å². The average molecular weight is 313 g/mol. The molecule has 1 aromatic carbocycles. The van der Waals surface area contributed by atoms with Gasteiger partial charge in [0.05, 0.1) is 5.56 Å². The number of nitrogens with two attached hydrogens (primary N) is 1. The van der Waals surface area contributed by atoms with Crippen LogP contribution in [0.3, 0.4) is 0 Å². The number of hydrogen-bond donors (Lipinski definition) is 1. The fraction of sp³-hybridized carbons (Fsp3) is 0.462. The lowest BCUT2D eigenvalue weighted by Gasteiger charge is -2.24. The Balaban J connectivity index is 3.14. The molecule has 0 aromatic heterocycles. The van der Waals surface area contributed by atoms with Crippen LogP contribution in [0.15, 0.2) is 23.1 Å². The van der Waals surface area contributed by atoms with Crippen LogP contribution in [0.25, 0.3) is 0 Å². The summed E-state index contributed by atoms with van der Waals surface area (Å²) in [5.41, 5.74) is 6.04. The first kappa shape index (κ1) is 16.8. The lowest BCUT2D eigenvalue weighted by molar-refractivity contribution is 0.382. The third kappa shape index (κ3) is 3.66. The number of rotatable bonds is 6. The first-order chi connectivity index (χ1) is 9.34. The van der Waals surface area contributed by atoms with E-state index in [1.165, 1.54) is 29.6 Å². The van der Waals surface area contributed by atoms with Gasteiger partial charge in [-0.25, -0.2) is 8.42 Å². The lowest BCUT2D eigenvalue weighted by Crippen LogP contribution is -2.35. The minimum absolute atomic E-state index is 0.00713. The molecule has 0 spiro atoms. The molecule has 5 nitrogen and oxygen atoms in total. The second-order valence-electron chi connectivity index (χ2n) is 4.52. The molecular weight excluding hydrogens is 294 g/mol. The average Bonchev–Trinajstić information content (AvgIpc) is 2.43. The molecule has 0 saturated carbocycles. The van der Waals surface area contributed by atoms with Crippen LogP contribution in [0.5, 0.6) is 0 Å². The van der Waals surface area contributed by atoms with E-state index in [1.807, 2.05) is 19.2 Å². The first-order valence-electron chi connectivity index (χ1n) is 6.11. The number of thioether (sulfide) groups is 1. The Labute approximate surface area is 124 Å². The summed E-state index contributed by atoms with van der Waals surface area (Å²) in [5.74, 6) is 0.883. The third-order valence-electron chi connectivity index (χ3n) is 3.14. The molecule has 0 bridgehead atoms. The van der Waals surface area contributed by atoms with Crippen molar-refractivity contribution in [1.82, 2.24) is 4.31 Å². The van der Waals surface area contributed by atoms with Crippen molar-refractivity contribution in [3.8, 4) is 6.07 Å². The van der Waals surface area contributed by atoms with Crippen molar-refractivity contribution in [1.29, 1.82) is 5.26 Å². The Morgan fingerprint density at radius 3 is 2.70 bits per heavy atom. The van der Waals surface area contributed by atoms with Crippen molar-refractivity contribution in [2.24, 2.45) is 0 Å². The molecule has 1 aromatic rings. The number of nitrogens with zero attached hydrogens (tertiary/aromatic N) is 2. The summed E-state index contributed by atoms with van der Waals surface area (Å²) >= 11 is 1.67. The topological polar surface area (TPSA) is 87.2 Å². The molecule has 0 aliphatic carbocycles. The third-order valence-corrected chi connectivity index (χ3v) is 5.82. The fourth-order valence-electron chi connectivity index (χ4n) is 1.72. The summed E-state index contributed by atoms with van der Waals surface area (Å²) in [7, 11) is -2.14. The van der Waals surface area contributed by atoms with Gasteiger partial charge < -0.3 is 5.73 Å². The van der Waals surface area contributed by atoms with E-state index in [9.17, 15) is 8.42 Å². The van der Waals surface area contributed by atoms with Crippen LogP contribution >= 0.6 is 11.8 Å². The minimum atomic E-state index is -3.68. The Kier molecular flexibility index (Phi) is 5.87. The second-order valence-corrected chi connectivity index (χ2v) is 7.47. The van der Waals surface area contributed by atoms with Crippen molar-refractivity contribution >= 4 is 27.5 Å². The predicted molar refractivity (Wildman–Crippen MR) is 83.0 cm³/mol. The number of hydrogen-bond acceptors (Lipinski definition) is 5. The van der Waals surface area contributed by atoms with Gasteiger partial charge in [-0.1, -0.05) is 0 Å². The number of benzene rings is 1. The summed E-state index contributed by atoms with van der Waals surface area (Å²) in [6.07, 6.45) is 2.74. The molecule has 0 saturated heterocycles. The number of anilines is 1. The van der Waals surface area contributed by atoms with E-state index in [2.05, 4.69) is 0 Å². The SMILES string of the molecule is CSCCC(C)N(C)S(=O)(=O)c1ccc(N)cc1C#N. The zero-order valence-electron chi connectivity index (χ0n) is 11.8. The molecule has 0 aliphatic rings. The quantitative estimate of drug-likeness (QED) is 0.811. The molecule has 2 N–H and O–H groups in total. The van der Waals surface area contributed by atoms with Crippen LogP contribution < -0.4 is 5.73 Å². The number of nitriles is 1. The van der Waals surface area contributed by atoms with E-state index in [4.69, 9.17) is 11.0 Å². The van der Waals surface area contributed by atoms with Crippen molar-refractivity contribution in [2.45, 2.75) is 24.3 Å². The zero-order valence-corrected chi connectivity index (χ0v) is 13.5. The zero-order chi connectivity index (χ0) is 15.3. The van der Waals surface area contributed by atoms with Gasteiger partial charge in [-0.3, -0.25) is 0 Å². The van der Waals surface area contributed by atoms with Gasteiger partial charge in [-0.15, -0.1) is 0 Å². The van der Waals surface area contributed by atoms with Crippen LogP contribution in [-0.4, -0.2) is 37.8 Å². The molecule has 0 amide bonds. The van der Waals surface area contributed by atoms with Gasteiger partial charge >= 0.3 is 0 Å². The van der Waals surface area contributed by atoms with Gasteiger partial charge in [0, 0.05) is 18.8 Å². The highest BCUT2D eigenvalue weighted by molar-refractivity contribution is 7.98. The van der Waals surface area contributed by atoms with Gasteiger partial charge in [-0.05, 0) is 43.6 Å². The number of nitrogen functional groups attached to an aromatic ring is 1. The van der Waals surface area contributed by atoms with Crippen LogP contribution in [0.2, 0.25) is 0 Å². The molecule has 0 fully saturated rings. The smallest absolute Gasteiger partial charge is 0.244 e. The van der Waals surface area contributed by atoms with Crippen molar-refractivity contribution in [3.05, 3.63) is 23.8 Å². The Morgan fingerprint density at radius 1 is 1.50 bits per heavy atom.